The van der Waals surface area contributed by atoms with Gasteiger partial charge in [-0.2, -0.15) is 10.1 Å². The molecule has 5 aromatic rings. The van der Waals surface area contributed by atoms with Crippen molar-refractivity contribution >= 4 is 17.1 Å². The monoisotopic (exact) mass is 539 g/mol. The summed E-state index contributed by atoms with van der Waals surface area (Å²) in [6.07, 6.45) is 7.67. The molecule has 1 amide bonds. The van der Waals surface area contributed by atoms with Crippen LogP contribution in [-0.4, -0.2) is 36.1 Å². The molecule has 0 aliphatic heterocycles. The third kappa shape index (κ3) is 4.67. The summed E-state index contributed by atoms with van der Waals surface area (Å²) in [6.45, 7) is 11.0. The molecule has 0 radical (unpaired) electrons. The van der Waals surface area contributed by atoms with E-state index in [1.807, 2.05) is 39.2 Å². The average Bonchev–Trinajstić information content (AvgIpc) is 3.65. The number of hydrogen-bond donors (Lipinski definition) is 3. The molecule has 0 fully saturated rings. The van der Waals surface area contributed by atoms with E-state index < -0.39 is 0 Å². The Kier molecular flexibility index (Phi) is 6.48. The lowest BCUT2D eigenvalue weighted by atomic mass is 9.94. The van der Waals surface area contributed by atoms with Crippen molar-refractivity contribution in [2.24, 2.45) is 0 Å². The molecule has 0 spiro atoms. The van der Waals surface area contributed by atoms with E-state index in [-0.39, 0.29) is 23.3 Å². The molecule has 206 valence electrons. The molecule has 0 saturated heterocycles. The Bertz CT molecular complexity index is 1700. The highest BCUT2D eigenvalue weighted by Gasteiger charge is 2.27. The van der Waals surface area contributed by atoms with Crippen LogP contribution in [0.25, 0.3) is 33.7 Å². The van der Waals surface area contributed by atoms with E-state index in [9.17, 15) is 4.79 Å². The molecule has 40 heavy (non-hydrogen) atoms. The first kappa shape index (κ1) is 25.9. The third-order valence-electron chi connectivity index (χ3n) is 7.74. The lowest BCUT2D eigenvalue weighted by molar-refractivity contribution is -0.752. The van der Waals surface area contributed by atoms with Crippen molar-refractivity contribution in [1.29, 1.82) is 0 Å². The van der Waals surface area contributed by atoms with Gasteiger partial charge in [-0.1, -0.05) is 50.5 Å². The van der Waals surface area contributed by atoms with Crippen LogP contribution in [0.5, 0.6) is 0 Å². The molecule has 1 aliphatic rings. The van der Waals surface area contributed by atoms with E-state index >= 15 is 0 Å². The zero-order chi connectivity index (χ0) is 28.0. The van der Waals surface area contributed by atoms with Crippen LogP contribution in [0.2, 0.25) is 0 Å². The standard InChI is InChI=1S/C30H34N8O2/c1-6-38-17(2)22(16-32-38)25-34-24-21(13-14-31-26(24)35-25)19-11-12-20-18(15-19)9-7-8-10-23(20)33-27(39)28-36-29(37-40-28)30(3,4)5/h11-16,23H,6-10H2,1-5H3,(H2,31,33,34,35,39)/p+1. The van der Waals surface area contributed by atoms with Crippen molar-refractivity contribution in [3.63, 3.8) is 0 Å². The van der Waals surface area contributed by atoms with Crippen LogP contribution in [0.1, 0.15) is 86.3 Å². The van der Waals surface area contributed by atoms with Crippen LogP contribution in [0.4, 0.5) is 0 Å². The second-order valence-electron chi connectivity index (χ2n) is 11.5. The maximum atomic E-state index is 13.0. The number of aromatic nitrogens is 7. The minimum absolute atomic E-state index is 0.00341. The number of H-pyrrole nitrogens is 2. The number of nitrogens with zero attached hydrogens (tertiary/aromatic N) is 5. The number of imidazole rings is 1. The van der Waals surface area contributed by atoms with Gasteiger partial charge in [0.15, 0.2) is 18.0 Å². The van der Waals surface area contributed by atoms with E-state index in [0.29, 0.717) is 11.5 Å². The number of carbonyl (C=O) groups excluding carboxylic acids is 1. The molecule has 10 heteroatoms. The zero-order valence-corrected chi connectivity index (χ0v) is 23.6. The molecule has 0 saturated carbocycles. The highest BCUT2D eigenvalue weighted by Crippen LogP contribution is 2.35. The maximum absolute atomic E-state index is 13.0. The normalized spacial score (nSPS) is 15.7. The summed E-state index contributed by atoms with van der Waals surface area (Å²) in [5, 5.41) is 10.4. The summed E-state index contributed by atoms with van der Waals surface area (Å²) in [7, 11) is 0. The van der Waals surface area contributed by atoms with Crippen LogP contribution >= 0.6 is 0 Å². The predicted molar refractivity (Wildman–Crippen MR) is 150 cm³/mol. The van der Waals surface area contributed by atoms with E-state index in [1.54, 1.807) is 0 Å². The number of hydrogen-bond acceptors (Lipinski definition) is 6. The number of benzene rings is 1. The van der Waals surface area contributed by atoms with Gasteiger partial charge in [0, 0.05) is 24.1 Å². The smallest absolute Gasteiger partial charge is 0.315 e. The topological polar surface area (TPSA) is 129 Å². The van der Waals surface area contributed by atoms with Gasteiger partial charge in [0.1, 0.15) is 11.4 Å². The highest BCUT2D eigenvalue weighted by atomic mass is 16.5. The van der Waals surface area contributed by atoms with E-state index in [0.717, 1.165) is 71.5 Å². The molecule has 1 aliphatic carbocycles. The molecule has 1 aromatic carbocycles. The van der Waals surface area contributed by atoms with Crippen molar-refractivity contribution in [2.75, 3.05) is 0 Å². The number of pyridine rings is 1. The van der Waals surface area contributed by atoms with Crippen molar-refractivity contribution in [2.45, 2.75) is 78.3 Å². The van der Waals surface area contributed by atoms with Gasteiger partial charge in [-0.05, 0) is 48.9 Å². The van der Waals surface area contributed by atoms with Crippen molar-refractivity contribution < 1.29 is 14.0 Å². The largest absolute Gasteiger partial charge is 0.341 e. The molecule has 4 aromatic heterocycles. The molecule has 10 nitrogen and oxygen atoms in total. The van der Waals surface area contributed by atoms with Crippen LogP contribution < -0.4 is 10.00 Å². The second-order valence-corrected chi connectivity index (χ2v) is 11.5. The number of fused-ring (bicyclic) bond motifs is 2. The lowest BCUT2D eigenvalue weighted by Gasteiger charge is -2.19. The fourth-order valence-electron chi connectivity index (χ4n) is 5.48. The van der Waals surface area contributed by atoms with Gasteiger partial charge in [0.05, 0.1) is 17.8 Å². The summed E-state index contributed by atoms with van der Waals surface area (Å²) in [6, 6.07) is 8.41. The molecular formula is C30H35N8O2+. The Morgan fingerprint density at radius 1 is 1.18 bits per heavy atom. The molecule has 4 heterocycles. The minimum atomic E-state index is -0.338. The van der Waals surface area contributed by atoms with E-state index in [2.05, 4.69) is 67.3 Å². The van der Waals surface area contributed by atoms with Crippen molar-refractivity contribution in [1.82, 2.24) is 35.5 Å². The first-order valence-electron chi connectivity index (χ1n) is 13.9. The van der Waals surface area contributed by atoms with Crippen LogP contribution in [0, 0.1) is 6.92 Å². The van der Waals surface area contributed by atoms with E-state index in [1.165, 1.54) is 5.56 Å². The predicted octanol–water partition coefficient (Wildman–Crippen LogP) is 5.11. The second kappa shape index (κ2) is 10.0. The zero-order valence-electron chi connectivity index (χ0n) is 23.6. The number of aryl methyl sites for hydroxylation is 2. The van der Waals surface area contributed by atoms with Gasteiger partial charge in [-0.25, -0.2) is 9.97 Å². The van der Waals surface area contributed by atoms with Gasteiger partial charge in [-0.15, -0.1) is 4.68 Å². The Labute approximate surface area is 232 Å². The van der Waals surface area contributed by atoms with Crippen LogP contribution in [0.3, 0.4) is 0 Å². The highest BCUT2D eigenvalue weighted by molar-refractivity contribution is 5.92. The summed E-state index contributed by atoms with van der Waals surface area (Å²) in [5.74, 6) is 0.980. The summed E-state index contributed by atoms with van der Waals surface area (Å²) >= 11 is 0. The Morgan fingerprint density at radius 2 is 2.02 bits per heavy atom. The molecule has 1 unspecified atom stereocenters. The van der Waals surface area contributed by atoms with Gasteiger partial charge in [0.25, 0.3) is 0 Å². The van der Waals surface area contributed by atoms with Gasteiger partial charge in [0.2, 0.25) is 5.69 Å². The Balaban J connectivity index is 1.31. The number of rotatable bonds is 5. The number of aromatic amines is 2. The average molecular weight is 540 g/mol. The van der Waals surface area contributed by atoms with E-state index in [4.69, 9.17) is 9.51 Å². The van der Waals surface area contributed by atoms with Gasteiger partial charge < -0.3 is 14.8 Å². The molecule has 3 N–H and O–H groups in total. The van der Waals surface area contributed by atoms with Crippen molar-refractivity contribution in [3.05, 3.63) is 65.2 Å². The Hall–Kier alpha value is -4.34. The fraction of sp³-hybridized carbons (Fsp3) is 0.400. The number of carbonyl (C=O) groups is 1. The third-order valence-corrected chi connectivity index (χ3v) is 7.74. The molecular weight excluding hydrogens is 504 g/mol. The number of nitrogens with one attached hydrogen (secondary N) is 3. The first-order valence-corrected chi connectivity index (χ1v) is 13.9. The quantitative estimate of drug-likeness (QED) is 0.210. The van der Waals surface area contributed by atoms with Gasteiger partial charge in [-0.3, -0.25) is 4.79 Å². The Morgan fingerprint density at radius 3 is 2.77 bits per heavy atom. The summed E-state index contributed by atoms with van der Waals surface area (Å²) < 4.78 is 7.37. The van der Waals surface area contributed by atoms with Crippen LogP contribution in [0.15, 0.2) is 41.2 Å². The van der Waals surface area contributed by atoms with Crippen molar-refractivity contribution in [3.8, 4) is 22.5 Å². The SMILES string of the molecule is CC[n+]1[nH]cc(-c2nc3nccc(-c4ccc5c(c4)CCCCC5NC(=O)c4nc(C(C)(C)C)no4)c3[nH]2)c1C. The first-order chi connectivity index (χ1) is 19.2. The fourth-order valence-corrected chi connectivity index (χ4v) is 5.48. The van der Waals surface area contributed by atoms with Gasteiger partial charge >= 0.3 is 11.8 Å². The lowest BCUT2D eigenvalue weighted by Crippen LogP contribution is -2.36. The van der Waals surface area contributed by atoms with Crippen LogP contribution in [-0.2, 0) is 18.4 Å². The molecule has 1 atom stereocenters. The molecule has 6 rings (SSSR count). The minimum Gasteiger partial charge on any atom is -0.341 e. The maximum Gasteiger partial charge on any atom is 0.315 e. The molecule has 0 bridgehead atoms. The number of amides is 1. The summed E-state index contributed by atoms with van der Waals surface area (Å²) in [4.78, 5) is 30.2. The summed E-state index contributed by atoms with van der Waals surface area (Å²) in [5.41, 5.74) is 7.96.